The topological polar surface area (TPSA) is 85.8 Å². The van der Waals surface area contributed by atoms with Crippen molar-refractivity contribution in [3.05, 3.63) is 30.3 Å². The van der Waals surface area contributed by atoms with Crippen LogP contribution in [0.2, 0.25) is 0 Å². The molecule has 1 saturated heterocycles. The van der Waals surface area contributed by atoms with Crippen LogP contribution in [0.25, 0.3) is 0 Å². The van der Waals surface area contributed by atoms with Gasteiger partial charge in [0, 0.05) is 45.0 Å². The van der Waals surface area contributed by atoms with E-state index in [-0.39, 0.29) is 11.8 Å². The first-order chi connectivity index (χ1) is 13.6. The number of aliphatic imine (C=N–C) groups is 1. The van der Waals surface area contributed by atoms with Crippen LogP contribution >= 0.6 is 0 Å². The van der Waals surface area contributed by atoms with Crippen molar-refractivity contribution < 1.29 is 8.42 Å². The highest BCUT2D eigenvalue weighted by Crippen LogP contribution is 2.25. The van der Waals surface area contributed by atoms with Gasteiger partial charge < -0.3 is 15.5 Å². The van der Waals surface area contributed by atoms with Crippen molar-refractivity contribution in [2.24, 2.45) is 10.9 Å². The molecule has 3 rings (SSSR count). The van der Waals surface area contributed by atoms with Gasteiger partial charge in [0.2, 0.25) is 10.0 Å². The first-order valence-corrected chi connectivity index (χ1v) is 12.0. The molecule has 0 aromatic heterocycles. The molecule has 7 nitrogen and oxygen atoms in total. The molecule has 2 fully saturated rings. The van der Waals surface area contributed by atoms with Gasteiger partial charge in [-0.05, 0) is 43.7 Å². The fourth-order valence-corrected chi connectivity index (χ4v) is 4.68. The van der Waals surface area contributed by atoms with Crippen LogP contribution in [0.3, 0.4) is 0 Å². The van der Waals surface area contributed by atoms with Gasteiger partial charge >= 0.3 is 0 Å². The van der Waals surface area contributed by atoms with E-state index in [0.29, 0.717) is 25.0 Å². The van der Waals surface area contributed by atoms with Crippen molar-refractivity contribution in [1.82, 2.24) is 15.4 Å². The molecule has 0 radical (unpaired) electrons. The van der Waals surface area contributed by atoms with Gasteiger partial charge in [-0.15, -0.1) is 0 Å². The SMILES string of the molecule is CN=C(NCCS(=O)(=O)NCC1CCC1)NC1CCCN(c2ccccc2)C1. The summed E-state index contributed by atoms with van der Waals surface area (Å²) in [6.07, 6.45) is 5.69. The van der Waals surface area contributed by atoms with Gasteiger partial charge in [-0.2, -0.15) is 0 Å². The molecule has 1 aromatic carbocycles. The quantitative estimate of drug-likeness (QED) is 0.450. The maximum absolute atomic E-state index is 12.1. The normalized spacial score (nSPS) is 21.2. The van der Waals surface area contributed by atoms with Crippen LogP contribution in [0, 0.1) is 5.92 Å². The zero-order valence-electron chi connectivity index (χ0n) is 16.7. The number of hydrogen-bond acceptors (Lipinski definition) is 4. The molecule has 0 bridgehead atoms. The molecular weight excluding hydrogens is 374 g/mol. The molecule has 28 heavy (non-hydrogen) atoms. The Balaban J connectivity index is 1.41. The minimum atomic E-state index is -3.24. The molecule has 1 aromatic rings. The summed E-state index contributed by atoms with van der Waals surface area (Å²) >= 11 is 0. The molecule has 1 saturated carbocycles. The number of para-hydroxylation sites is 1. The highest BCUT2D eigenvalue weighted by molar-refractivity contribution is 7.89. The van der Waals surface area contributed by atoms with Crippen molar-refractivity contribution in [2.45, 2.75) is 38.1 Å². The monoisotopic (exact) mass is 407 g/mol. The number of benzene rings is 1. The van der Waals surface area contributed by atoms with Gasteiger partial charge in [-0.25, -0.2) is 13.1 Å². The maximum Gasteiger partial charge on any atom is 0.213 e. The van der Waals surface area contributed by atoms with E-state index in [1.807, 2.05) is 6.07 Å². The summed E-state index contributed by atoms with van der Waals surface area (Å²) in [6.45, 7) is 2.88. The fraction of sp³-hybridized carbons (Fsp3) is 0.650. The van der Waals surface area contributed by atoms with E-state index in [2.05, 4.69) is 49.5 Å². The average molecular weight is 408 g/mol. The molecule has 1 atom stereocenters. The second-order valence-electron chi connectivity index (χ2n) is 7.73. The second-order valence-corrected chi connectivity index (χ2v) is 9.65. The predicted molar refractivity (Wildman–Crippen MR) is 115 cm³/mol. The third-order valence-electron chi connectivity index (χ3n) is 5.59. The lowest BCUT2D eigenvalue weighted by Crippen LogP contribution is -2.52. The number of rotatable bonds is 8. The lowest BCUT2D eigenvalue weighted by molar-refractivity contribution is 0.316. The Hall–Kier alpha value is -1.80. The third kappa shape index (κ3) is 6.38. The van der Waals surface area contributed by atoms with Crippen molar-refractivity contribution in [1.29, 1.82) is 0 Å². The number of sulfonamides is 1. The summed E-state index contributed by atoms with van der Waals surface area (Å²) in [7, 11) is -1.52. The second kappa shape index (κ2) is 10.1. The van der Waals surface area contributed by atoms with Gasteiger partial charge in [0.1, 0.15) is 0 Å². The summed E-state index contributed by atoms with van der Waals surface area (Å²) in [5, 5.41) is 6.59. The summed E-state index contributed by atoms with van der Waals surface area (Å²) in [4.78, 5) is 6.64. The van der Waals surface area contributed by atoms with E-state index in [4.69, 9.17) is 0 Å². The van der Waals surface area contributed by atoms with Gasteiger partial charge in [0.05, 0.1) is 5.75 Å². The molecule has 156 valence electrons. The number of nitrogens with zero attached hydrogens (tertiary/aromatic N) is 2. The van der Waals surface area contributed by atoms with Crippen LogP contribution in [0.4, 0.5) is 5.69 Å². The van der Waals surface area contributed by atoms with E-state index in [1.54, 1.807) is 7.05 Å². The minimum absolute atomic E-state index is 0.0568. The van der Waals surface area contributed by atoms with Gasteiger partial charge in [0.25, 0.3) is 0 Å². The average Bonchev–Trinajstić information content (AvgIpc) is 2.66. The summed E-state index contributed by atoms with van der Waals surface area (Å²) in [5.74, 6) is 1.24. The van der Waals surface area contributed by atoms with Crippen LogP contribution in [-0.4, -0.2) is 59.4 Å². The van der Waals surface area contributed by atoms with E-state index < -0.39 is 10.0 Å². The van der Waals surface area contributed by atoms with Crippen LogP contribution in [-0.2, 0) is 10.0 Å². The highest BCUT2D eigenvalue weighted by atomic mass is 32.2. The number of nitrogens with one attached hydrogen (secondary N) is 3. The molecule has 0 spiro atoms. The molecule has 1 heterocycles. The van der Waals surface area contributed by atoms with E-state index in [1.165, 1.54) is 12.1 Å². The van der Waals surface area contributed by atoms with Gasteiger partial charge in [0.15, 0.2) is 5.96 Å². The molecular formula is C20H33N5O2S. The van der Waals surface area contributed by atoms with Crippen LogP contribution in [0.15, 0.2) is 35.3 Å². The number of hydrogen-bond donors (Lipinski definition) is 3. The Labute approximate surface area is 169 Å². The number of guanidine groups is 1. The Morgan fingerprint density at radius 3 is 2.64 bits per heavy atom. The molecule has 0 amide bonds. The molecule has 1 aliphatic heterocycles. The van der Waals surface area contributed by atoms with Crippen LogP contribution < -0.4 is 20.3 Å². The standard InChI is InChI=1S/C20H33N5O2S/c1-21-20(22-12-14-28(26,27)23-15-17-7-5-8-17)24-18-9-6-13-25(16-18)19-10-3-2-4-11-19/h2-4,10-11,17-18,23H,5-9,12-16H2,1H3,(H2,21,22,24). The number of piperidine rings is 1. The first-order valence-electron chi connectivity index (χ1n) is 10.3. The largest absolute Gasteiger partial charge is 0.369 e. The third-order valence-corrected chi connectivity index (χ3v) is 6.94. The molecule has 8 heteroatoms. The minimum Gasteiger partial charge on any atom is -0.369 e. The van der Waals surface area contributed by atoms with Crippen molar-refractivity contribution in [2.75, 3.05) is 43.9 Å². The van der Waals surface area contributed by atoms with Crippen molar-refractivity contribution in [3.63, 3.8) is 0 Å². The lowest BCUT2D eigenvalue weighted by Gasteiger charge is -2.35. The van der Waals surface area contributed by atoms with Crippen molar-refractivity contribution in [3.8, 4) is 0 Å². The van der Waals surface area contributed by atoms with Gasteiger partial charge in [-0.1, -0.05) is 24.6 Å². The molecule has 1 aliphatic carbocycles. The van der Waals surface area contributed by atoms with Crippen LogP contribution in [0.1, 0.15) is 32.1 Å². The van der Waals surface area contributed by atoms with E-state index in [0.717, 1.165) is 38.8 Å². The molecule has 2 aliphatic rings. The predicted octanol–water partition coefficient (Wildman–Crippen LogP) is 1.54. The Morgan fingerprint density at radius 2 is 1.96 bits per heavy atom. The fourth-order valence-electron chi connectivity index (χ4n) is 3.67. The smallest absolute Gasteiger partial charge is 0.213 e. The zero-order chi connectivity index (χ0) is 19.8. The first kappa shape index (κ1) is 20.9. The summed E-state index contributed by atoms with van der Waals surface area (Å²) in [6, 6.07) is 10.7. The Kier molecular flexibility index (Phi) is 7.56. The Morgan fingerprint density at radius 1 is 1.18 bits per heavy atom. The Bertz CT molecular complexity index is 734. The lowest BCUT2D eigenvalue weighted by atomic mass is 9.86. The molecule has 1 unspecified atom stereocenters. The maximum atomic E-state index is 12.1. The van der Waals surface area contributed by atoms with Gasteiger partial charge in [-0.3, -0.25) is 4.99 Å². The zero-order valence-corrected chi connectivity index (χ0v) is 17.5. The summed E-state index contributed by atoms with van der Waals surface area (Å²) in [5.41, 5.74) is 1.24. The molecule has 3 N–H and O–H groups in total. The van der Waals surface area contributed by atoms with Crippen molar-refractivity contribution >= 4 is 21.7 Å². The van der Waals surface area contributed by atoms with E-state index >= 15 is 0 Å². The number of anilines is 1. The van der Waals surface area contributed by atoms with E-state index in [9.17, 15) is 8.42 Å². The van der Waals surface area contributed by atoms with Crippen LogP contribution in [0.5, 0.6) is 0 Å². The summed E-state index contributed by atoms with van der Waals surface area (Å²) < 4.78 is 27.0. The highest BCUT2D eigenvalue weighted by Gasteiger charge is 2.22.